The Bertz CT molecular complexity index is 523. The predicted octanol–water partition coefficient (Wildman–Crippen LogP) is 2.28. The highest BCUT2D eigenvalue weighted by Crippen LogP contribution is 2.41. The van der Waals surface area contributed by atoms with E-state index in [1.165, 1.54) is 13.0 Å². The van der Waals surface area contributed by atoms with E-state index in [2.05, 4.69) is 13.8 Å². The molecule has 1 aromatic rings. The fraction of sp³-hybridized carbons (Fsp3) is 0.462. The molecule has 0 unspecified atom stereocenters. The number of rotatable bonds is 3. The average molecular weight is 248 g/mol. The Balaban J connectivity index is 2.47. The van der Waals surface area contributed by atoms with Crippen molar-refractivity contribution in [2.75, 3.05) is 18.0 Å². The van der Waals surface area contributed by atoms with Gasteiger partial charge in [0.2, 0.25) is 0 Å². The Morgan fingerprint density at radius 2 is 2.17 bits per heavy atom. The number of carbonyl (C=O) groups is 1. The standard InChI is InChI=1S/C13H16N2O3/c1-9(16)7-14-8-13(2,3)11-5-4-10(15(17)18)6-12(11)14/h4-6H,7-8H2,1-3H3. The number of non-ortho nitro benzene ring substituents is 1. The van der Waals surface area contributed by atoms with E-state index in [1.54, 1.807) is 12.1 Å². The molecular weight excluding hydrogens is 232 g/mol. The minimum atomic E-state index is -0.405. The van der Waals surface area contributed by atoms with Crippen LogP contribution in [0.25, 0.3) is 0 Å². The molecule has 5 heteroatoms. The second-order valence-corrected chi connectivity index (χ2v) is 5.40. The van der Waals surface area contributed by atoms with Crippen LogP contribution in [-0.2, 0) is 10.2 Å². The third-order valence-electron chi connectivity index (χ3n) is 3.26. The Hall–Kier alpha value is -1.91. The van der Waals surface area contributed by atoms with Crippen molar-refractivity contribution in [1.29, 1.82) is 0 Å². The Kier molecular flexibility index (Phi) is 2.84. The molecular formula is C13H16N2O3. The maximum Gasteiger partial charge on any atom is 0.271 e. The first kappa shape index (κ1) is 12.5. The number of nitrogens with zero attached hydrogens (tertiary/aromatic N) is 2. The van der Waals surface area contributed by atoms with Gasteiger partial charge in [0, 0.05) is 29.8 Å². The van der Waals surface area contributed by atoms with Crippen LogP contribution in [0, 0.1) is 10.1 Å². The highest BCUT2D eigenvalue weighted by atomic mass is 16.6. The van der Waals surface area contributed by atoms with Crippen LogP contribution in [0.2, 0.25) is 0 Å². The van der Waals surface area contributed by atoms with E-state index in [1.807, 2.05) is 4.90 Å². The fourth-order valence-electron chi connectivity index (χ4n) is 2.52. The summed E-state index contributed by atoms with van der Waals surface area (Å²) < 4.78 is 0. The molecule has 96 valence electrons. The zero-order chi connectivity index (χ0) is 13.5. The number of fused-ring (bicyclic) bond motifs is 1. The number of ketones is 1. The first-order chi connectivity index (χ1) is 8.31. The zero-order valence-corrected chi connectivity index (χ0v) is 10.8. The van der Waals surface area contributed by atoms with Gasteiger partial charge >= 0.3 is 0 Å². The normalized spacial score (nSPS) is 16.5. The van der Waals surface area contributed by atoms with Crippen LogP contribution in [0.3, 0.4) is 0 Å². The van der Waals surface area contributed by atoms with E-state index in [0.717, 1.165) is 11.3 Å². The third kappa shape index (κ3) is 2.08. The molecule has 1 aromatic carbocycles. The lowest BCUT2D eigenvalue weighted by Crippen LogP contribution is -2.32. The number of carbonyl (C=O) groups excluding carboxylic acids is 1. The molecule has 0 fully saturated rings. The summed E-state index contributed by atoms with van der Waals surface area (Å²) in [7, 11) is 0. The number of anilines is 1. The van der Waals surface area contributed by atoms with Gasteiger partial charge in [-0.2, -0.15) is 0 Å². The molecule has 0 N–H and O–H groups in total. The number of hydrogen-bond donors (Lipinski definition) is 0. The van der Waals surface area contributed by atoms with Gasteiger partial charge in [0.25, 0.3) is 5.69 Å². The number of hydrogen-bond acceptors (Lipinski definition) is 4. The van der Waals surface area contributed by atoms with Gasteiger partial charge in [0.15, 0.2) is 0 Å². The number of Topliss-reactive ketones (excluding diaryl/α,β-unsaturated/α-hetero) is 1. The lowest BCUT2D eigenvalue weighted by Gasteiger charge is -2.21. The maximum absolute atomic E-state index is 11.3. The van der Waals surface area contributed by atoms with E-state index < -0.39 is 4.92 Å². The average Bonchev–Trinajstić information content (AvgIpc) is 2.49. The van der Waals surface area contributed by atoms with Crippen LogP contribution in [0.5, 0.6) is 0 Å². The third-order valence-corrected chi connectivity index (χ3v) is 3.26. The van der Waals surface area contributed by atoms with Gasteiger partial charge < -0.3 is 4.90 Å². The maximum atomic E-state index is 11.3. The quantitative estimate of drug-likeness (QED) is 0.608. The number of nitro benzene ring substituents is 1. The molecule has 0 bridgehead atoms. The molecule has 0 amide bonds. The smallest absolute Gasteiger partial charge is 0.271 e. The highest BCUT2D eigenvalue weighted by molar-refractivity contribution is 5.82. The minimum absolute atomic E-state index is 0.0603. The van der Waals surface area contributed by atoms with Gasteiger partial charge in [-0.15, -0.1) is 0 Å². The molecule has 1 aliphatic rings. The van der Waals surface area contributed by atoms with Gasteiger partial charge in [-0.05, 0) is 18.6 Å². The van der Waals surface area contributed by atoms with Crippen molar-refractivity contribution in [3.05, 3.63) is 33.9 Å². The second-order valence-electron chi connectivity index (χ2n) is 5.40. The largest absolute Gasteiger partial charge is 0.363 e. The monoisotopic (exact) mass is 248 g/mol. The van der Waals surface area contributed by atoms with Gasteiger partial charge in [-0.25, -0.2) is 0 Å². The van der Waals surface area contributed by atoms with Crippen LogP contribution in [-0.4, -0.2) is 23.8 Å². The van der Waals surface area contributed by atoms with E-state index in [-0.39, 0.29) is 16.9 Å². The highest BCUT2D eigenvalue weighted by Gasteiger charge is 2.36. The van der Waals surface area contributed by atoms with Crippen LogP contribution >= 0.6 is 0 Å². The molecule has 0 aliphatic carbocycles. The van der Waals surface area contributed by atoms with E-state index >= 15 is 0 Å². The second kappa shape index (κ2) is 4.08. The van der Waals surface area contributed by atoms with Gasteiger partial charge in [-0.1, -0.05) is 13.8 Å². The molecule has 18 heavy (non-hydrogen) atoms. The first-order valence-electron chi connectivity index (χ1n) is 5.84. The summed E-state index contributed by atoms with van der Waals surface area (Å²) in [5.74, 6) is 0.0603. The molecule has 1 aliphatic heterocycles. The summed E-state index contributed by atoms with van der Waals surface area (Å²) in [6, 6.07) is 4.89. The van der Waals surface area contributed by atoms with Crippen LogP contribution in [0.4, 0.5) is 11.4 Å². The van der Waals surface area contributed by atoms with Gasteiger partial charge in [-0.3, -0.25) is 14.9 Å². The van der Waals surface area contributed by atoms with E-state index in [0.29, 0.717) is 13.1 Å². The molecule has 1 heterocycles. The van der Waals surface area contributed by atoms with Crippen molar-refractivity contribution in [3.63, 3.8) is 0 Å². The summed E-state index contributed by atoms with van der Waals surface area (Å²) in [4.78, 5) is 23.6. The lowest BCUT2D eigenvalue weighted by atomic mass is 9.87. The molecule has 0 atom stereocenters. The molecule has 0 aromatic heterocycles. The first-order valence-corrected chi connectivity index (χ1v) is 5.84. The van der Waals surface area contributed by atoms with Crippen LogP contribution in [0.1, 0.15) is 26.3 Å². The Labute approximate surface area is 106 Å². The van der Waals surface area contributed by atoms with Gasteiger partial charge in [0.05, 0.1) is 11.5 Å². The fourth-order valence-corrected chi connectivity index (χ4v) is 2.52. The van der Waals surface area contributed by atoms with Crippen LogP contribution < -0.4 is 4.90 Å². The summed E-state index contributed by atoms with van der Waals surface area (Å²) in [6.45, 7) is 6.71. The Morgan fingerprint density at radius 1 is 1.50 bits per heavy atom. The molecule has 5 nitrogen and oxygen atoms in total. The molecule has 0 saturated carbocycles. The van der Waals surface area contributed by atoms with Crippen molar-refractivity contribution in [3.8, 4) is 0 Å². The van der Waals surface area contributed by atoms with Gasteiger partial charge in [0.1, 0.15) is 5.78 Å². The SMILES string of the molecule is CC(=O)CN1CC(C)(C)c2ccc([N+](=O)[O-])cc21. The number of benzene rings is 1. The summed E-state index contributed by atoms with van der Waals surface area (Å²) in [5.41, 5.74) is 1.86. The van der Waals surface area contributed by atoms with Crippen molar-refractivity contribution in [2.45, 2.75) is 26.2 Å². The summed E-state index contributed by atoms with van der Waals surface area (Å²) in [5, 5.41) is 10.8. The molecule has 0 spiro atoms. The van der Waals surface area contributed by atoms with Crippen molar-refractivity contribution < 1.29 is 9.72 Å². The van der Waals surface area contributed by atoms with Crippen LogP contribution in [0.15, 0.2) is 18.2 Å². The number of nitro groups is 1. The van der Waals surface area contributed by atoms with Crippen molar-refractivity contribution >= 4 is 17.2 Å². The van der Waals surface area contributed by atoms with E-state index in [4.69, 9.17) is 0 Å². The van der Waals surface area contributed by atoms with Crippen molar-refractivity contribution in [1.82, 2.24) is 0 Å². The summed E-state index contributed by atoms with van der Waals surface area (Å²) >= 11 is 0. The topological polar surface area (TPSA) is 63.5 Å². The Morgan fingerprint density at radius 3 is 2.72 bits per heavy atom. The zero-order valence-electron chi connectivity index (χ0n) is 10.8. The minimum Gasteiger partial charge on any atom is -0.363 e. The predicted molar refractivity (Wildman–Crippen MR) is 69.0 cm³/mol. The molecule has 0 saturated heterocycles. The summed E-state index contributed by atoms with van der Waals surface area (Å²) in [6.07, 6.45) is 0. The van der Waals surface area contributed by atoms with Crippen molar-refractivity contribution in [2.24, 2.45) is 0 Å². The lowest BCUT2D eigenvalue weighted by molar-refractivity contribution is -0.384. The molecule has 0 radical (unpaired) electrons. The van der Waals surface area contributed by atoms with E-state index in [9.17, 15) is 14.9 Å². The molecule has 2 rings (SSSR count).